The van der Waals surface area contributed by atoms with Crippen LogP contribution in [0.2, 0.25) is 0 Å². The number of aromatic hydroxyl groups is 1. The van der Waals surface area contributed by atoms with E-state index < -0.39 is 17.8 Å². The van der Waals surface area contributed by atoms with E-state index >= 15 is 0 Å². The zero-order chi connectivity index (χ0) is 24.9. The summed E-state index contributed by atoms with van der Waals surface area (Å²) < 4.78 is 12.6. The molecule has 0 radical (unpaired) electrons. The molecule has 3 aromatic carbocycles. The Labute approximate surface area is 209 Å². The Morgan fingerprint density at radius 3 is 2.34 bits per heavy atom. The Morgan fingerprint density at radius 2 is 1.66 bits per heavy atom. The van der Waals surface area contributed by atoms with E-state index in [4.69, 9.17) is 9.47 Å². The van der Waals surface area contributed by atoms with Crippen molar-refractivity contribution in [2.24, 2.45) is 0 Å². The van der Waals surface area contributed by atoms with Crippen LogP contribution < -0.4 is 19.7 Å². The molecule has 0 aromatic heterocycles. The molecule has 35 heavy (non-hydrogen) atoms. The molecule has 4 amide bonds. The van der Waals surface area contributed by atoms with Crippen LogP contribution in [0.25, 0.3) is 6.08 Å². The largest absolute Gasteiger partial charge is 0.508 e. The van der Waals surface area contributed by atoms with Crippen molar-refractivity contribution >= 4 is 45.5 Å². The lowest BCUT2D eigenvalue weighted by Gasteiger charge is -2.26. The summed E-state index contributed by atoms with van der Waals surface area (Å²) in [7, 11) is 0. The van der Waals surface area contributed by atoms with Gasteiger partial charge in [-0.05, 0) is 72.7 Å². The van der Waals surface area contributed by atoms with Crippen molar-refractivity contribution in [1.82, 2.24) is 5.32 Å². The smallest absolute Gasteiger partial charge is 0.335 e. The highest BCUT2D eigenvalue weighted by Crippen LogP contribution is 2.31. The lowest BCUT2D eigenvalue weighted by atomic mass is 10.1. The number of carbonyl (C=O) groups excluding carboxylic acids is 3. The first-order valence-corrected chi connectivity index (χ1v) is 11.5. The van der Waals surface area contributed by atoms with Gasteiger partial charge in [-0.15, -0.1) is 0 Å². The number of urea groups is 1. The summed E-state index contributed by atoms with van der Waals surface area (Å²) in [5, 5.41) is 11.7. The van der Waals surface area contributed by atoms with Crippen LogP contribution in [0.15, 0.2) is 76.8 Å². The van der Waals surface area contributed by atoms with Crippen LogP contribution in [0, 0.1) is 0 Å². The van der Waals surface area contributed by atoms with Crippen molar-refractivity contribution in [3.8, 4) is 17.2 Å². The Bertz CT molecular complexity index is 1300. The summed E-state index contributed by atoms with van der Waals surface area (Å²) in [6.45, 7) is 2.55. The molecule has 3 aromatic rings. The van der Waals surface area contributed by atoms with Gasteiger partial charge in [0.2, 0.25) is 0 Å². The van der Waals surface area contributed by atoms with Gasteiger partial charge in [0.1, 0.15) is 17.9 Å². The fourth-order valence-electron chi connectivity index (χ4n) is 3.40. The van der Waals surface area contributed by atoms with Crippen LogP contribution in [-0.2, 0) is 16.2 Å². The first kappa shape index (κ1) is 24.0. The van der Waals surface area contributed by atoms with Gasteiger partial charge in [0.05, 0.1) is 12.3 Å². The number of phenolic OH excluding ortho intramolecular Hbond substituents is 1. The normalized spacial score (nSPS) is 14.7. The Morgan fingerprint density at radius 1 is 0.943 bits per heavy atom. The molecule has 8 nitrogen and oxygen atoms in total. The van der Waals surface area contributed by atoms with Crippen LogP contribution in [0.3, 0.4) is 0 Å². The molecule has 1 heterocycles. The van der Waals surface area contributed by atoms with E-state index in [0.717, 1.165) is 14.9 Å². The van der Waals surface area contributed by atoms with E-state index in [0.29, 0.717) is 30.3 Å². The first-order chi connectivity index (χ1) is 16.9. The van der Waals surface area contributed by atoms with Gasteiger partial charge < -0.3 is 14.6 Å². The van der Waals surface area contributed by atoms with Crippen molar-refractivity contribution in [2.45, 2.75) is 13.5 Å². The second-order valence-electron chi connectivity index (χ2n) is 7.53. The molecule has 0 bridgehead atoms. The number of carbonyl (C=O) groups is 3. The summed E-state index contributed by atoms with van der Waals surface area (Å²) in [5.41, 5.74) is 1.49. The molecule has 0 saturated carbocycles. The van der Waals surface area contributed by atoms with Crippen molar-refractivity contribution in [2.75, 3.05) is 11.5 Å². The number of hydrogen-bond donors (Lipinski definition) is 2. The van der Waals surface area contributed by atoms with E-state index in [1.54, 1.807) is 18.2 Å². The number of nitrogens with one attached hydrogen (secondary N) is 1. The number of hydrogen-bond acceptors (Lipinski definition) is 6. The van der Waals surface area contributed by atoms with Crippen molar-refractivity contribution in [3.05, 3.63) is 87.9 Å². The topological polar surface area (TPSA) is 105 Å². The van der Waals surface area contributed by atoms with Crippen molar-refractivity contribution < 1.29 is 29.0 Å². The van der Waals surface area contributed by atoms with Gasteiger partial charge in [-0.1, -0.05) is 34.1 Å². The van der Waals surface area contributed by atoms with Crippen LogP contribution in [0.5, 0.6) is 17.2 Å². The maximum absolute atomic E-state index is 13.1. The third-order valence-corrected chi connectivity index (χ3v) is 5.62. The van der Waals surface area contributed by atoms with E-state index in [1.165, 1.54) is 30.3 Å². The molecule has 1 fully saturated rings. The SMILES string of the molecule is CCOc1cc(/C=C2\C(=O)NC(=O)N(c3ccc(O)cc3)C2=O)ccc1OCc1ccc(Br)cc1. The fraction of sp³-hybridized carbons (Fsp3) is 0.115. The molecule has 2 N–H and O–H groups in total. The molecule has 0 aliphatic carbocycles. The minimum atomic E-state index is -0.866. The number of phenols is 1. The quantitative estimate of drug-likeness (QED) is 0.332. The van der Waals surface area contributed by atoms with Crippen molar-refractivity contribution in [3.63, 3.8) is 0 Å². The molecule has 4 rings (SSSR count). The second-order valence-corrected chi connectivity index (χ2v) is 8.44. The third-order valence-electron chi connectivity index (χ3n) is 5.10. The number of barbiturate groups is 1. The monoisotopic (exact) mass is 536 g/mol. The number of ether oxygens (including phenoxy) is 2. The van der Waals surface area contributed by atoms with Gasteiger partial charge in [0, 0.05) is 4.47 Å². The fourth-order valence-corrected chi connectivity index (χ4v) is 3.67. The molecule has 1 aliphatic rings. The lowest BCUT2D eigenvalue weighted by Crippen LogP contribution is -2.54. The maximum Gasteiger partial charge on any atom is 0.335 e. The van der Waals surface area contributed by atoms with Crippen molar-refractivity contribution in [1.29, 1.82) is 0 Å². The number of nitrogens with zero attached hydrogens (tertiary/aromatic N) is 1. The molecular weight excluding hydrogens is 516 g/mol. The third kappa shape index (κ3) is 5.52. The minimum Gasteiger partial charge on any atom is -0.508 e. The predicted molar refractivity (Wildman–Crippen MR) is 133 cm³/mol. The van der Waals surface area contributed by atoms with Gasteiger partial charge >= 0.3 is 6.03 Å². The molecule has 178 valence electrons. The minimum absolute atomic E-state index is 0.0173. The molecule has 0 atom stereocenters. The maximum atomic E-state index is 13.1. The highest BCUT2D eigenvalue weighted by atomic mass is 79.9. The number of rotatable bonds is 7. The van der Waals surface area contributed by atoms with Gasteiger partial charge in [-0.2, -0.15) is 0 Å². The standard InChI is InChI=1S/C26H21BrN2O6/c1-2-34-23-14-17(5-12-22(23)35-15-16-3-6-18(27)7-4-16)13-21-24(31)28-26(33)29(25(21)32)19-8-10-20(30)11-9-19/h3-14,30H,2,15H2,1H3,(H,28,31,33)/b21-13+. The highest BCUT2D eigenvalue weighted by molar-refractivity contribution is 9.10. The molecule has 0 unspecified atom stereocenters. The van der Waals surface area contributed by atoms with Crippen LogP contribution in [0.1, 0.15) is 18.1 Å². The number of imide groups is 2. The summed E-state index contributed by atoms with van der Waals surface area (Å²) in [4.78, 5) is 38.7. The van der Waals surface area contributed by atoms with Gasteiger partial charge in [-0.25, -0.2) is 9.69 Å². The number of amides is 4. The summed E-state index contributed by atoms with van der Waals surface area (Å²) >= 11 is 3.40. The summed E-state index contributed by atoms with van der Waals surface area (Å²) in [6.07, 6.45) is 1.39. The van der Waals surface area contributed by atoms with Gasteiger partial charge in [0.25, 0.3) is 11.8 Å². The molecule has 9 heteroatoms. The van der Waals surface area contributed by atoms with E-state index in [9.17, 15) is 19.5 Å². The number of benzene rings is 3. The average molecular weight is 537 g/mol. The summed E-state index contributed by atoms with van der Waals surface area (Å²) in [5.74, 6) is -0.635. The summed E-state index contributed by atoms with van der Waals surface area (Å²) in [6, 6.07) is 17.4. The highest BCUT2D eigenvalue weighted by Gasteiger charge is 2.36. The second kappa shape index (κ2) is 10.4. The first-order valence-electron chi connectivity index (χ1n) is 10.7. The molecular formula is C26H21BrN2O6. The molecule has 1 aliphatic heterocycles. The van der Waals surface area contributed by atoms with Crippen LogP contribution in [-0.4, -0.2) is 29.6 Å². The zero-order valence-electron chi connectivity index (χ0n) is 18.7. The van der Waals surface area contributed by atoms with E-state index in [2.05, 4.69) is 21.2 Å². The Balaban J connectivity index is 1.60. The average Bonchev–Trinajstić information content (AvgIpc) is 2.83. The predicted octanol–water partition coefficient (Wildman–Crippen LogP) is 4.80. The van der Waals surface area contributed by atoms with E-state index in [-0.39, 0.29) is 17.0 Å². The van der Waals surface area contributed by atoms with E-state index in [1.807, 2.05) is 31.2 Å². The Kier molecular flexibility index (Phi) is 7.17. The van der Waals surface area contributed by atoms with Gasteiger partial charge in [-0.3, -0.25) is 14.9 Å². The van der Waals surface area contributed by atoms with Crippen LogP contribution >= 0.6 is 15.9 Å². The molecule has 0 spiro atoms. The Hall–Kier alpha value is -4.11. The lowest BCUT2D eigenvalue weighted by molar-refractivity contribution is -0.122. The van der Waals surface area contributed by atoms with Gasteiger partial charge in [0.15, 0.2) is 11.5 Å². The number of anilines is 1. The molecule has 1 saturated heterocycles. The van der Waals surface area contributed by atoms with Crippen LogP contribution in [0.4, 0.5) is 10.5 Å². The number of halogens is 1. The zero-order valence-corrected chi connectivity index (χ0v) is 20.2.